The van der Waals surface area contributed by atoms with Crippen molar-refractivity contribution in [2.45, 2.75) is 13.8 Å². The first-order valence-corrected chi connectivity index (χ1v) is 2.86. The summed E-state index contributed by atoms with van der Waals surface area (Å²) in [5, 5.41) is 9.54. The van der Waals surface area contributed by atoms with Crippen LogP contribution in [0.3, 0.4) is 0 Å². The van der Waals surface area contributed by atoms with Gasteiger partial charge < -0.3 is 9.93 Å². The minimum Gasteiger partial charge on any atom is -0.338 e. The maximum Gasteiger partial charge on any atom is 0.366 e. The van der Waals surface area contributed by atoms with Gasteiger partial charge in [0.25, 0.3) is 0 Å². The summed E-state index contributed by atoms with van der Waals surface area (Å²) in [6.07, 6.45) is 0. The second-order valence-corrected chi connectivity index (χ2v) is 2.12. The Hall–Kier alpha value is -1.32. The summed E-state index contributed by atoms with van der Waals surface area (Å²) in [6, 6.07) is 0. The standard InChI is InChI=1S/C6H8N2O2/c1-3(7)5-4(2)8-10-6(5)9/h7-8H,1-2H3. The summed E-state index contributed by atoms with van der Waals surface area (Å²) >= 11 is 0. The van der Waals surface area contributed by atoms with Crippen LogP contribution in [-0.2, 0) is 0 Å². The van der Waals surface area contributed by atoms with Crippen molar-refractivity contribution in [3.05, 3.63) is 21.7 Å². The van der Waals surface area contributed by atoms with E-state index in [0.29, 0.717) is 11.3 Å². The van der Waals surface area contributed by atoms with Crippen LogP contribution in [0.1, 0.15) is 18.2 Å². The average molecular weight is 140 g/mol. The van der Waals surface area contributed by atoms with E-state index in [0.717, 1.165) is 0 Å². The van der Waals surface area contributed by atoms with E-state index in [4.69, 9.17) is 5.41 Å². The van der Waals surface area contributed by atoms with E-state index in [-0.39, 0.29) is 5.71 Å². The zero-order chi connectivity index (χ0) is 7.72. The van der Waals surface area contributed by atoms with Crippen molar-refractivity contribution in [2.24, 2.45) is 0 Å². The molecule has 1 heterocycles. The van der Waals surface area contributed by atoms with Crippen LogP contribution in [0.15, 0.2) is 9.32 Å². The van der Waals surface area contributed by atoms with Gasteiger partial charge in [0, 0.05) is 5.71 Å². The molecule has 4 nitrogen and oxygen atoms in total. The smallest absolute Gasteiger partial charge is 0.338 e. The van der Waals surface area contributed by atoms with Gasteiger partial charge in [-0.2, -0.15) is 0 Å². The van der Waals surface area contributed by atoms with Crippen LogP contribution in [0.2, 0.25) is 0 Å². The first-order valence-electron chi connectivity index (χ1n) is 2.86. The van der Waals surface area contributed by atoms with E-state index in [2.05, 4.69) is 9.68 Å². The number of aryl methyl sites for hydroxylation is 1. The highest BCUT2D eigenvalue weighted by Gasteiger charge is 2.08. The zero-order valence-electron chi connectivity index (χ0n) is 5.82. The Morgan fingerprint density at radius 1 is 1.70 bits per heavy atom. The second-order valence-electron chi connectivity index (χ2n) is 2.12. The van der Waals surface area contributed by atoms with Gasteiger partial charge in [-0.05, 0) is 13.8 Å². The predicted molar refractivity (Wildman–Crippen MR) is 36.6 cm³/mol. The molecule has 0 amide bonds. The van der Waals surface area contributed by atoms with E-state index in [1.54, 1.807) is 13.8 Å². The fraction of sp³-hybridized carbons (Fsp3) is 0.333. The molecule has 0 aliphatic heterocycles. The van der Waals surface area contributed by atoms with Gasteiger partial charge in [-0.25, -0.2) is 9.95 Å². The lowest BCUT2D eigenvalue weighted by Crippen LogP contribution is -2.07. The van der Waals surface area contributed by atoms with Gasteiger partial charge in [0.2, 0.25) is 0 Å². The maximum absolute atomic E-state index is 10.7. The van der Waals surface area contributed by atoms with E-state index in [9.17, 15) is 4.79 Å². The molecular formula is C6H8N2O2. The lowest BCUT2D eigenvalue weighted by molar-refractivity contribution is 0.387. The Morgan fingerprint density at radius 3 is 2.50 bits per heavy atom. The molecule has 2 N–H and O–H groups in total. The van der Waals surface area contributed by atoms with Crippen LogP contribution in [-0.4, -0.2) is 10.9 Å². The largest absolute Gasteiger partial charge is 0.366 e. The molecule has 1 aromatic heterocycles. The van der Waals surface area contributed by atoms with Crippen molar-refractivity contribution in [3.8, 4) is 0 Å². The van der Waals surface area contributed by atoms with Crippen molar-refractivity contribution >= 4 is 5.71 Å². The highest BCUT2D eigenvalue weighted by atomic mass is 16.5. The van der Waals surface area contributed by atoms with Gasteiger partial charge in [-0.15, -0.1) is 0 Å². The molecule has 0 saturated heterocycles. The molecule has 4 heteroatoms. The summed E-state index contributed by atoms with van der Waals surface area (Å²) in [5.74, 6) is 0. The topological polar surface area (TPSA) is 69.8 Å². The van der Waals surface area contributed by atoms with Gasteiger partial charge in [0.15, 0.2) is 0 Å². The molecule has 0 unspecified atom stereocenters. The summed E-state index contributed by atoms with van der Waals surface area (Å²) < 4.78 is 4.44. The third kappa shape index (κ3) is 0.877. The van der Waals surface area contributed by atoms with Crippen LogP contribution >= 0.6 is 0 Å². The van der Waals surface area contributed by atoms with Crippen LogP contribution in [0.4, 0.5) is 0 Å². The first-order chi connectivity index (χ1) is 4.63. The minimum atomic E-state index is -0.468. The summed E-state index contributed by atoms with van der Waals surface area (Å²) in [7, 11) is 0. The Labute approximate surface area is 57.3 Å². The molecule has 0 bridgehead atoms. The number of nitrogens with one attached hydrogen (secondary N) is 2. The van der Waals surface area contributed by atoms with Gasteiger partial charge in [0.1, 0.15) is 5.56 Å². The molecule has 0 atom stereocenters. The maximum atomic E-state index is 10.7. The number of hydrogen-bond donors (Lipinski definition) is 2. The lowest BCUT2D eigenvalue weighted by Gasteiger charge is -1.87. The molecule has 0 aliphatic rings. The number of H-pyrrole nitrogens is 1. The molecule has 0 saturated carbocycles. The van der Waals surface area contributed by atoms with Crippen LogP contribution in [0.25, 0.3) is 0 Å². The van der Waals surface area contributed by atoms with E-state index in [1.165, 1.54) is 0 Å². The van der Waals surface area contributed by atoms with Gasteiger partial charge in [-0.1, -0.05) is 0 Å². The van der Waals surface area contributed by atoms with Crippen LogP contribution < -0.4 is 5.63 Å². The fourth-order valence-electron chi connectivity index (χ4n) is 0.812. The van der Waals surface area contributed by atoms with Crippen LogP contribution in [0.5, 0.6) is 0 Å². The normalized spacial score (nSPS) is 9.80. The molecule has 1 aromatic rings. The zero-order valence-corrected chi connectivity index (χ0v) is 5.82. The van der Waals surface area contributed by atoms with Crippen molar-refractivity contribution < 1.29 is 4.52 Å². The molecule has 0 fully saturated rings. The predicted octanol–water partition coefficient (Wildman–Crippen LogP) is 0.664. The van der Waals surface area contributed by atoms with Crippen LogP contribution in [0, 0.1) is 12.3 Å². The van der Waals surface area contributed by atoms with Crippen molar-refractivity contribution in [2.75, 3.05) is 0 Å². The van der Waals surface area contributed by atoms with Crippen molar-refractivity contribution in [3.63, 3.8) is 0 Å². The van der Waals surface area contributed by atoms with Gasteiger partial charge in [-0.3, -0.25) is 0 Å². The molecule has 0 aromatic carbocycles. The molecule has 10 heavy (non-hydrogen) atoms. The molecule has 54 valence electrons. The van der Waals surface area contributed by atoms with Crippen molar-refractivity contribution in [1.29, 1.82) is 5.41 Å². The molecule has 0 aliphatic carbocycles. The number of aromatic nitrogens is 1. The number of hydrogen-bond acceptors (Lipinski definition) is 3. The molecule has 0 spiro atoms. The van der Waals surface area contributed by atoms with Gasteiger partial charge >= 0.3 is 5.63 Å². The Morgan fingerprint density at radius 2 is 2.30 bits per heavy atom. The third-order valence-corrected chi connectivity index (χ3v) is 1.25. The van der Waals surface area contributed by atoms with Gasteiger partial charge in [0.05, 0.1) is 5.69 Å². The SMILES string of the molecule is CC(=N)c1c(C)[nH]oc1=O. The molecule has 0 radical (unpaired) electrons. The molecule has 1 rings (SSSR count). The number of rotatable bonds is 1. The second kappa shape index (κ2) is 2.13. The quantitative estimate of drug-likeness (QED) is 0.562. The first kappa shape index (κ1) is 6.80. The molecular weight excluding hydrogens is 132 g/mol. The summed E-state index contributed by atoms with van der Waals surface area (Å²) in [5.41, 5.74) is 0.704. The van der Waals surface area contributed by atoms with E-state index < -0.39 is 5.63 Å². The Kier molecular flexibility index (Phi) is 1.45. The van der Waals surface area contributed by atoms with Crippen molar-refractivity contribution in [1.82, 2.24) is 5.16 Å². The Bertz CT molecular complexity index is 308. The summed E-state index contributed by atoms with van der Waals surface area (Å²) in [4.78, 5) is 10.7. The average Bonchev–Trinajstić information content (AvgIpc) is 2.11. The fourth-order valence-corrected chi connectivity index (χ4v) is 0.812. The monoisotopic (exact) mass is 140 g/mol. The lowest BCUT2D eigenvalue weighted by atomic mass is 10.2. The van der Waals surface area contributed by atoms with E-state index >= 15 is 0 Å². The summed E-state index contributed by atoms with van der Waals surface area (Å²) in [6.45, 7) is 3.24. The highest BCUT2D eigenvalue weighted by molar-refractivity contribution is 5.96. The minimum absolute atomic E-state index is 0.229. The van der Waals surface area contributed by atoms with E-state index in [1.807, 2.05) is 0 Å². The Balaban J connectivity index is 3.37. The third-order valence-electron chi connectivity index (χ3n) is 1.25. The highest BCUT2D eigenvalue weighted by Crippen LogP contribution is 1.97. The number of aromatic amines is 1.